The second-order valence-corrected chi connectivity index (χ2v) is 9.72. The van der Waals surface area contributed by atoms with Crippen molar-refractivity contribution in [2.24, 2.45) is 0 Å². The molecule has 0 spiro atoms. The van der Waals surface area contributed by atoms with Crippen molar-refractivity contribution >= 4 is 39.2 Å². The van der Waals surface area contributed by atoms with Gasteiger partial charge in [0, 0.05) is 31.1 Å². The fourth-order valence-electron chi connectivity index (χ4n) is 3.80. The first-order valence-corrected chi connectivity index (χ1v) is 11.2. The van der Waals surface area contributed by atoms with Crippen molar-refractivity contribution in [1.29, 1.82) is 5.41 Å². The molecule has 0 aliphatic carbocycles. The van der Waals surface area contributed by atoms with Gasteiger partial charge in [-0.05, 0) is 43.2 Å². The van der Waals surface area contributed by atoms with Gasteiger partial charge >= 0.3 is 0 Å². The summed E-state index contributed by atoms with van der Waals surface area (Å²) in [7, 11) is -2.84. The van der Waals surface area contributed by atoms with E-state index >= 15 is 0 Å². The third-order valence-electron chi connectivity index (χ3n) is 5.36. The Hall–Kier alpha value is -2.76. The summed E-state index contributed by atoms with van der Waals surface area (Å²) in [5.74, 6) is -1.61. The molecule has 1 unspecified atom stereocenters. The van der Waals surface area contributed by atoms with Crippen LogP contribution in [-0.4, -0.2) is 48.7 Å². The van der Waals surface area contributed by atoms with Gasteiger partial charge in [-0.1, -0.05) is 11.6 Å². The number of rotatable bonds is 3. The Bertz CT molecular complexity index is 1160. The van der Waals surface area contributed by atoms with E-state index in [1.165, 1.54) is 37.5 Å². The number of amides is 1. The van der Waals surface area contributed by atoms with Crippen molar-refractivity contribution in [3.05, 3.63) is 58.6 Å². The number of pyridine rings is 1. The van der Waals surface area contributed by atoms with Crippen molar-refractivity contribution < 1.29 is 22.3 Å². The van der Waals surface area contributed by atoms with Crippen LogP contribution in [0.1, 0.15) is 28.9 Å². The fraction of sp³-hybridized carbons (Fsp3) is 0.316. The number of carbonyl (C=O) groups is 1. The number of guanidine groups is 1. The number of fused-ring (bicyclic) bond motifs is 1. The number of nitrogens with zero attached hydrogens (tertiary/aromatic N) is 2. The number of aromatic nitrogens is 1. The topological polar surface area (TPSA) is 124 Å². The van der Waals surface area contributed by atoms with Crippen LogP contribution in [0.4, 0.5) is 10.1 Å². The van der Waals surface area contributed by atoms with Gasteiger partial charge in [0.25, 0.3) is 15.9 Å². The first-order chi connectivity index (χ1) is 14.6. The average molecular weight is 468 g/mol. The van der Waals surface area contributed by atoms with Gasteiger partial charge in [-0.3, -0.25) is 10.2 Å². The molecule has 9 nitrogen and oxygen atoms in total. The summed E-state index contributed by atoms with van der Waals surface area (Å²) in [6.45, 7) is 0.189. The lowest BCUT2D eigenvalue weighted by molar-refractivity contribution is -0.0120. The maximum atomic E-state index is 15.0. The molecule has 0 bridgehead atoms. The lowest BCUT2D eigenvalue weighted by Crippen LogP contribution is -2.69. The predicted octanol–water partition coefficient (Wildman–Crippen LogP) is 2.26. The van der Waals surface area contributed by atoms with Crippen LogP contribution in [0.15, 0.2) is 36.5 Å². The highest BCUT2D eigenvalue weighted by atomic mass is 35.5. The van der Waals surface area contributed by atoms with Gasteiger partial charge in [-0.2, -0.15) is 0 Å². The Balaban J connectivity index is 1.74. The Morgan fingerprint density at radius 2 is 2.19 bits per heavy atom. The molecule has 2 atom stereocenters. The van der Waals surface area contributed by atoms with Crippen molar-refractivity contribution in [3.63, 3.8) is 0 Å². The highest BCUT2D eigenvalue weighted by molar-refractivity contribution is 7.90. The zero-order chi connectivity index (χ0) is 22.4. The SMILES string of the molecule is CN1C(=N)N[C@@]2(c3cc(NC(=O)c4ccc(Cl)cn4)ccc3F)CCCOC2S1(=O)=O. The number of hydrogen-bond acceptors (Lipinski definition) is 6. The van der Waals surface area contributed by atoms with E-state index in [-0.39, 0.29) is 35.9 Å². The molecule has 0 saturated carbocycles. The average Bonchev–Trinajstić information content (AvgIpc) is 2.74. The summed E-state index contributed by atoms with van der Waals surface area (Å²) in [6.07, 6.45) is 2.01. The molecule has 2 aliphatic rings. The van der Waals surface area contributed by atoms with Crippen molar-refractivity contribution in [1.82, 2.24) is 14.6 Å². The number of benzene rings is 1. The molecular formula is C19H19ClFN5O4S. The second kappa shape index (κ2) is 7.74. The van der Waals surface area contributed by atoms with Gasteiger partial charge in [0.1, 0.15) is 17.1 Å². The standard InChI is InChI=1S/C19H19ClFN5O4S/c1-26-18(22)25-19(7-2-8-30-17(19)31(26,28)29)13-9-12(4-5-14(13)21)24-16(27)15-6-3-11(20)10-23-15/h3-6,9-10,17H,2,7-8H2,1H3,(H2,22,25)(H,24,27)/t17?,19-/m1/s1. The largest absolute Gasteiger partial charge is 0.358 e. The van der Waals surface area contributed by atoms with E-state index in [0.717, 1.165) is 10.4 Å². The summed E-state index contributed by atoms with van der Waals surface area (Å²) < 4.78 is 47.2. The molecule has 2 aromatic rings. The molecule has 1 aromatic heterocycles. The van der Waals surface area contributed by atoms with E-state index < -0.39 is 32.7 Å². The molecule has 2 saturated heterocycles. The van der Waals surface area contributed by atoms with Crippen LogP contribution in [0.3, 0.4) is 0 Å². The number of anilines is 1. The molecule has 164 valence electrons. The van der Waals surface area contributed by atoms with Crippen LogP contribution in [0.25, 0.3) is 0 Å². The van der Waals surface area contributed by atoms with Crippen LogP contribution >= 0.6 is 11.6 Å². The number of sulfonamides is 1. The van der Waals surface area contributed by atoms with E-state index in [9.17, 15) is 17.6 Å². The summed E-state index contributed by atoms with van der Waals surface area (Å²) in [6, 6.07) is 6.80. The van der Waals surface area contributed by atoms with E-state index in [1.54, 1.807) is 0 Å². The van der Waals surface area contributed by atoms with Gasteiger partial charge in [-0.25, -0.2) is 22.1 Å². The molecule has 3 N–H and O–H groups in total. The highest BCUT2D eigenvalue weighted by Crippen LogP contribution is 2.43. The number of halogens is 2. The molecule has 1 aromatic carbocycles. The van der Waals surface area contributed by atoms with Gasteiger partial charge in [0.15, 0.2) is 0 Å². The minimum absolute atomic E-state index is 0.0134. The number of nitrogens with one attached hydrogen (secondary N) is 3. The monoisotopic (exact) mass is 467 g/mol. The van der Waals surface area contributed by atoms with Crippen LogP contribution in [0, 0.1) is 11.2 Å². The van der Waals surface area contributed by atoms with E-state index in [4.69, 9.17) is 21.7 Å². The van der Waals surface area contributed by atoms with Crippen molar-refractivity contribution in [3.8, 4) is 0 Å². The molecule has 31 heavy (non-hydrogen) atoms. The summed E-state index contributed by atoms with van der Waals surface area (Å²) >= 11 is 5.79. The van der Waals surface area contributed by atoms with Crippen LogP contribution in [0.5, 0.6) is 0 Å². The molecule has 2 fully saturated rings. The quantitative estimate of drug-likeness (QED) is 0.636. The predicted molar refractivity (Wildman–Crippen MR) is 112 cm³/mol. The normalized spacial score (nSPS) is 24.8. The van der Waals surface area contributed by atoms with E-state index in [0.29, 0.717) is 11.4 Å². The molecule has 12 heteroatoms. The smallest absolute Gasteiger partial charge is 0.274 e. The van der Waals surface area contributed by atoms with Crippen molar-refractivity contribution in [2.75, 3.05) is 19.0 Å². The third-order valence-corrected chi connectivity index (χ3v) is 7.61. The van der Waals surface area contributed by atoms with E-state index in [2.05, 4.69) is 15.6 Å². The molecule has 3 heterocycles. The minimum atomic E-state index is -4.07. The van der Waals surface area contributed by atoms with Crippen LogP contribution in [0.2, 0.25) is 5.02 Å². The highest BCUT2D eigenvalue weighted by Gasteiger charge is 2.57. The zero-order valence-corrected chi connectivity index (χ0v) is 17.9. The maximum Gasteiger partial charge on any atom is 0.274 e. The zero-order valence-electron chi connectivity index (χ0n) is 16.4. The number of ether oxygens (including phenoxy) is 1. The first-order valence-electron chi connectivity index (χ1n) is 9.34. The lowest BCUT2D eigenvalue weighted by atomic mass is 9.83. The lowest BCUT2D eigenvalue weighted by Gasteiger charge is -2.49. The van der Waals surface area contributed by atoms with Gasteiger partial charge in [0.05, 0.1) is 5.02 Å². The summed E-state index contributed by atoms with van der Waals surface area (Å²) in [5, 5.41) is 13.9. The molecule has 4 rings (SSSR count). The van der Waals surface area contributed by atoms with Crippen LogP contribution in [-0.2, 0) is 20.3 Å². The summed E-state index contributed by atoms with van der Waals surface area (Å²) in [4.78, 5) is 16.4. The molecule has 2 aliphatic heterocycles. The summed E-state index contributed by atoms with van der Waals surface area (Å²) in [5.41, 5.74) is -2.60. The minimum Gasteiger partial charge on any atom is -0.358 e. The molecular weight excluding hydrogens is 449 g/mol. The van der Waals surface area contributed by atoms with Gasteiger partial charge in [0.2, 0.25) is 11.4 Å². The number of carbonyl (C=O) groups excluding carboxylic acids is 1. The van der Waals surface area contributed by atoms with Crippen molar-refractivity contribution in [2.45, 2.75) is 23.8 Å². The van der Waals surface area contributed by atoms with Gasteiger partial charge in [-0.15, -0.1) is 0 Å². The molecule has 0 radical (unpaired) electrons. The number of hydrogen-bond donors (Lipinski definition) is 3. The molecule has 1 amide bonds. The van der Waals surface area contributed by atoms with Crippen LogP contribution < -0.4 is 10.6 Å². The third kappa shape index (κ3) is 3.62. The Morgan fingerprint density at radius 1 is 1.42 bits per heavy atom. The Morgan fingerprint density at radius 3 is 2.90 bits per heavy atom. The Kier molecular flexibility index (Phi) is 5.36. The second-order valence-electron chi connectivity index (χ2n) is 7.27. The first kappa shape index (κ1) is 21.5. The van der Waals surface area contributed by atoms with Gasteiger partial charge < -0.3 is 15.4 Å². The Labute approximate surface area is 183 Å². The maximum absolute atomic E-state index is 15.0. The fourth-order valence-corrected chi connectivity index (χ4v) is 5.58. The van der Waals surface area contributed by atoms with E-state index in [1.807, 2.05) is 0 Å².